The summed E-state index contributed by atoms with van der Waals surface area (Å²) in [6.07, 6.45) is 0.864. The van der Waals surface area contributed by atoms with Crippen LogP contribution in [0.5, 0.6) is 11.5 Å². The van der Waals surface area contributed by atoms with Gasteiger partial charge in [0.1, 0.15) is 11.5 Å². The van der Waals surface area contributed by atoms with E-state index in [-0.39, 0.29) is 6.04 Å². The van der Waals surface area contributed by atoms with Crippen LogP contribution in [0.25, 0.3) is 0 Å². The van der Waals surface area contributed by atoms with Crippen molar-refractivity contribution in [2.24, 2.45) is 5.73 Å². The van der Waals surface area contributed by atoms with Crippen molar-refractivity contribution in [1.82, 2.24) is 0 Å². The van der Waals surface area contributed by atoms with E-state index >= 15 is 0 Å². The van der Waals surface area contributed by atoms with E-state index in [1.165, 1.54) is 9.13 Å². The van der Waals surface area contributed by atoms with E-state index in [9.17, 15) is 0 Å². The summed E-state index contributed by atoms with van der Waals surface area (Å²) in [5, 5.41) is 0. The molecule has 1 unspecified atom stereocenters. The second-order valence-corrected chi connectivity index (χ2v) is 6.09. The number of nitrogens with two attached hydrogens (primary N) is 1. The number of hydrogen-bond donors (Lipinski definition) is 1. The van der Waals surface area contributed by atoms with Gasteiger partial charge >= 0.3 is 0 Å². The molecular formula is C16H18INO. The number of hydrogen-bond acceptors (Lipinski definition) is 2. The fourth-order valence-electron chi connectivity index (χ4n) is 1.91. The summed E-state index contributed by atoms with van der Waals surface area (Å²) < 4.78 is 7.13. The van der Waals surface area contributed by atoms with Crippen LogP contribution in [0.15, 0.2) is 42.5 Å². The molecule has 0 fully saturated rings. The molecule has 0 aromatic heterocycles. The van der Waals surface area contributed by atoms with E-state index in [0.29, 0.717) is 0 Å². The number of aryl methyl sites for hydroxylation is 1. The van der Waals surface area contributed by atoms with Crippen molar-refractivity contribution in [2.75, 3.05) is 0 Å². The third-order valence-corrected chi connectivity index (χ3v) is 3.51. The molecule has 0 aliphatic heterocycles. The third-order valence-electron chi connectivity index (χ3n) is 2.83. The highest BCUT2D eigenvalue weighted by atomic mass is 127. The van der Waals surface area contributed by atoms with E-state index in [1.54, 1.807) is 0 Å². The SMILES string of the molecule is Cc1ccc(CC(C)N)cc1Oc1cccc(I)c1. The molecule has 0 saturated heterocycles. The van der Waals surface area contributed by atoms with Crippen LogP contribution in [-0.2, 0) is 6.42 Å². The van der Waals surface area contributed by atoms with Gasteiger partial charge in [-0.3, -0.25) is 0 Å². The average Bonchev–Trinajstić information content (AvgIpc) is 2.33. The summed E-state index contributed by atoms with van der Waals surface area (Å²) in [4.78, 5) is 0. The Bertz CT molecular complexity index is 566. The monoisotopic (exact) mass is 367 g/mol. The molecule has 0 saturated carbocycles. The summed E-state index contributed by atoms with van der Waals surface area (Å²) in [7, 11) is 0. The first-order chi connectivity index (χ1) is 9.04. The predicted octanol–water partition coefficient (Wildman–Crippen LogP) is 4.28. The Morgan fingerprint density at radius 1 is 1.21 bits per heavy atom. The fraction of sp³-hybridized carbons (Fsp3) is 0.250. The molecule has 19 heavy (non-hydrogen) atoms. The highest BCUT2D eigenvalue weighted by molar-refractivity contribution is 14.1. The molecule has 0 aliphatic carbocycles. The summed E-state index contributed by atoms with van der Waals surface area (Å²) >= 11 is 2.28. The molecule has 100 valence electrons. The number of ether oxygens (including phenoxy) is 1. The third kappa shape index (κ3) is 4.21. The molecule has 0 aliphatic rings. The van der Waals surface area contributed by atoms with Crippen molar-refractivity contribution < 1.29 is 4.74 Å². The van der Waals surface area contributed by atoms with E-state index in [1.807, 2.05) is 31.2 Å². The Kier molecular flexibility index (Phi) is 4.82. The van der Waals surface area contributed by atoms with Gasteiger partial charge in [0, 0.05) is 9.61 Å². The summed E-state index contributed by atoms with van der Waals surface area (Å²) in [5.74, 6) is 1.77. The Morgan fingerprint density at radius 2 is 2.00 bits per heavy atom. The normalized spacial score (nSPS) is 12.2. The first kappa shape index (κ1) is 14.3. The average molecular weight is 367 g/mol. The van der Waals surface area contributed by atoms with Gasteiger partial charge in [-0.15, -0.1) is 0 Å². The number of benzene rings is 2. The van der Waals surface area contributed by atoms with E-state index < -0.39 is 0 Å². The molecule has 0 bridgehead atoms. The highest BCUT2D eigenvalue weighted by Crippen LogP contribution is 2.27. The topological polar surface area (TPSA) is 35.2 Å². The van der Waals surface area contributed by atoms with Gasteiger partial charge in [0.25, 0.3) is 0 Å². The van der Waals surface area contributed by atoms with E-state index in [2.05, 4.69) is 47.7 Å². The Balaban J connectivity index is 2.23. The number of rotatable bonds is 4. The van der Waals surface area contributed by atoms with Crippen LogP contribution in [0, 0.1) is 10.5 Å². The second-order valence-electron chi connectivity index (χ2n) is 4.84. The minimum Gasteiger partial charge on any atom is -0.457 e. The minimum atomic E-state index is 0.160. The van der Waals surface area contributed by atoms with Gasteiger partial charge in [-0.05, 0) is 78.3 Å². The van der Waals surface area contributed by atoms with Crippen molar-refractivity contribution in [3.8, 4) is 11.5 Å². The second kappa shape index (κ2) is 6.39. The van der Waals surface area contributed by atoms with Gasteiger partial charge in [-0.2, -0.15) is 0 Å². The largest absolute Gasteiger partial charge is 0.457 e. The van der Waals surface area contributed by atoms with Gasteiger partial charge in [-0.25, -0.2) is 0 Å². The zero-order valence-corrected chi connectivity index (χ0v) is 13.3. The molecular weight excluding hydrogens is 349 g/mol. The van der Waals surface area contributed by atoms with Crippen LogP contribution in [0.2, 0.25) is 0 Å². The molecule has 3 heteroatoms. The molecule has 0 radical (unpaired) electrons. The van der Waals surface area contributed by atoms with Crippen molar-refractivity contribution in [3.63, 3.8) is 0 Å². The lowest BCUT2D eigenvalue weighted by molar-refractivity contribution is 0.477. The lowest BCUT2D eigenvalue weighted by Gasteiger charge is -2.12. The zero-order chi connectivity index (χ0) is 13.8. The maximum atomic E-state index is 5.97. The van der Waals surface area contributed by atoms with Gasteiger partial charge in [0.15, 0.2) is 0 Å². The molecule has 0 heterocycles. The van der Waals surface area contributed by atoms with Crippen LogP contribution < -0.4 is 10.5 Å². The molecule has 2 nitrogen and oxygen atoms in total. The van der Waals surface area contributed by atoms with Crippen molar-refractivity contribution in [2.45, 2.75) is 26.3 Å². The summed E-state index contributed by atoms with van der Waals surface area (Å²) in [6, 6.07) is 14.5. The Hall–Kier alpha value is -1.07. The van der Waals surface area contributed by atoms with Crippen molar-refractivity contribution in [3.05, 3.63) is 57.2 Å². The Labute approximate surface area is 128 Å². The van der Waals surface area contributed by atoms with Crippen LogP contribution >= 0.6 is 22.6 Å². The van der Waals surface area contributed by atoms with Crippen LogP contribution in [-0.4, -0.2) is 6.04 Å². The van der Waals surface area contributed by atoms with E-state index in [0.717, 1.165) is 23.5 Å². The fourth-order valence-corrected chi connectivity index (χ4v) is 2.43. The molecule has 0 spiro atoms. The Morgan fingerprint density at radius 3 is 2.68 bits per heavy atom. The molecule has 2 N–H and O–H groups in total. The van der Waals surface area contributed by atoms with Crippen molar-refractivity contribution in [1.29, 1.82) is 0 Å². The maximum absolute atomic E-state index is 5.97. The zero-order valence-electron chi connectivity index (χ0n) is 11.2. The highest BCUT2D eigenvalue weighted by Gasteiger charge is 2.05. The lowest BCUT2D eigenvalue weighted by Crippen LogP contribution is -2.17. The molecule has 2 aromatic rings. The summed E-state index contributed by atoms with van der Waals surface area (Å²) in [6.45, 7) is 4.07. The smallest absolute Gasteiger partial charge is 0.130 e. The molecule has 2 aromatic carbocycles. The lowest BCUT2D eigenvalue weighted by atomic mass is 10.1. The number of halogens is 1. The standard InChI is InChI=1S/C16H18INO/c1-11-6-7-13(8-12(2)18)9-16(11)19-15-5-3-4-14(17)10-15/h3-7,9-10,12H,8,18H2,1-2H3. The van der Waals surface area contributed by atoms with Gasteiger partial charge in [0.2, 0.25) is 0 Å². The van der Waals surface area contributed by atoms with E-state index in [4.69, 9.17) is 10.5 Å². The van der Waals surface area contributed by atoms with Gasteiger partial charge in [-0.1, -0.05) is 18.2 Å². The first-order valence-corrected chi connectivity index (χ1v) is 7.41. The van der Waals surface area contributed by atoms with Crippen LogP contribution in [0.1, 0.15) is 18.1 Å². The van der Waals surface area contributed by atoms with Crippen LogP contribution in [0.4, 0.5) is 0 Å². The minimum absolute atomic E-state index is 0.160. The maximum Gasteiger partial charge on any atom is 0.130 e. The quantitative estimate of drug-likeness (QED) is 0.819. The summed E-state index contributed by atoms with van der Waals surface area (Å²) in [5.41, 5.74) is 8.18. The van der Waals surface area contributed by atoms with Gasteiger partial charge < -0.3 is 10.5 Å². The predicted molar refractivity (Wildman–Crippen MR) is 87.8 cm³/mol. The van der Waals surface area contributed by atoms with Crippen molar-refractivity contribution >= 4 is 22.6 Å². The van der Waals surface area contributed by atoms with Crippen LogP contribution in [0.3, 0.4) is 0 Å². The van der Waals surface area contributed by atoms with Gasteiger partial charge in [0.05, 0.1) is 0 Å². The molecule has 0 amide bonds. The first-order valence-electron chi connectivity index (χ1n) is 6.33. The molecule has 1 atom stereocenters. The molecule has 2 rings (SSSR count).